The SMILES string of the molecule is COCC(=O)NC[C@@H](c1ccc(Cl)cc1)N1CCCCC1. The number of hydrogen-bond donors (Lipinski definition) is 1. The van der Waals surface area contributed by atoms with E-state index in [1.165, 1.54) is 31.9 Å². The van der Waals surface area contributed by atoms with E-state index in [2.05, 4.69) is 10.2 Å². The van der Waals surface area contributed by atoms with Crippen LogP contribution in [0.1, 0.15) is 30.9 Å². The van der Waals surface area contributed by atoms with Gasteiger partial charge in [0.1, 0.15) is 6.61 Å². The van der Waals surface area contributed by atoms with Crippen molar-refractivity contribution < 1.29 is 9.53 Å². The van der Waals surface area contributed by atoms with Crippen LogP contribution >= 0.6 is 11.6 Å². The number of rotatable bonds is 6. The number of carbonyl (C=O) groups is 1. The van der Waals surface area contributed by atoms with Gasteiger partial charge in [-0.15, -0.1) is 0 Å². The maximum absolute atomic E-state index is 11.6. The van der Waals surface area contributed by atoms with Gasteiger partial charge in [0.25, 0.3) is 0 Å². The van der Waals surface area contributed by atoms with Crippen LogP contribution in [0.25, 0.3) is 0 Å². The van der Waals surface area contributed by atoms with E-state index in [4.69, 9.17) is 16.3 Å². The molecular weight excluding hydrogens is 288 g/mol. The van der Waals surface area contributed by atoms with Crippen molar-refractivity contribution in [1.82, 2.24) is 10.2 Å². The molecule has 0 spiro atoms. The third kappa shape index (κ3) is 4.99. The Morgan fingerprint density at radius 2 is 1.95 bits per heavy atom. The van der Waals surface area contributed by atoms with Gasteiger partial charge in [0.15, 0.2) is 0 Å². The van der Waals surface area contributed by atoms with E-state index in [1.54, 1.807) is 0 Å². The second kappa shape index (κ2) is 8.37. The van der Waals surface area contributed by atoms with Crippen LogP contribution < -0.4 is 5.32 Å². The average Bonchev–Trinajstić information content (AvgIpc) is 2.50. The van der Waals surface area contributed by atoms with Gasteiger partial charge in [-0.2, -0.15) is 0 Å². The molecule has 1 amide bonds. The lowest BCUT2D eigenvalue weighted by atomic mass is 10.0. The van der Waals surface area contributed by atoms with Gasteiger partial charge in [0, 0.05) is 18.7 Å². The molecule has 1 heterocycles. The van der Waals surface area contributed by atoms with E-state index in [1.807, 2.05) is 24.3 Å². The molecule has 1 aliphatic rings. The summed E-state index contributed by atoms with van der Waals surface area (Å²) in [5, 5.41) is 3.69. The molecular formula is C16H23ClN2O2. The first-order valence-electron chi connectivity index (χ1n) is 7.46. The summed E-state index contributed by atoms with van der Waals surface area (Å²) in [6.07, 6.45) is 3.73. The second-order valence-corrected chi connectivity index (χ2v) is 5.84. The first-order chi connectivity index (χ1) is 10.2. The van der Waals surface area contributed by atoms with Crippen molar-refractivity contribution in [3.05, 3.63) is 34.9 Å². The fourth-order valence-electron chi connectivity index (χ4n) is 2.77. The zero-order valence-electron chi connectivity index (χ0n) is 12.5. The molecule has 21 heavy (non-hydrogen) atoms. The Balaban J connectivity index is 2.05. The van der Waals surface area contributed by atoms with Gasteiger partial charge in [0.2, 0.25) is 5.91 Å². The van der Waals surface area contributed by atoms with Crippen LogP contribution in [-0.2, 0) is 9.53 Å². The van der Waals surface area contributed by atoms with Crippen molar-refractivity contribution in [2.24, 2.45) is 0 Å². The van der Waals surface area contributed by atoms with Crippen LogP contribution in [0, 0.1) is 0 Å². The fourth-order valence-corrected chi connectivity index (χ4v) is 2.89. The van der Waals surface area contributed by atoms with Crippen LogP contribution in [0.15, 0.2) is 24.3 Å². The number of hydrogen-bond acceptors (Lipinski definition) is 3. The van der Waals surface area contributed by atoms with Gasteiger partial charge in [-0.05, 0) is 43.6 Å². The maximum Gasteiger partial charge on any atom is 0.246 e. The van der Waals surface area contributed by atoms with E-state index in [0.717, 1.165) is 18.1 Å². The standard InChI is InChI=1S/C16H23ClN2O2/c1-21-12-16(20)18-11-15(19-9-3-2-4-10-19)13-5-7-14(17)8-6-13/h5-8,15H,2-4,9-12H2,1H3,(H,18,20)/t15-/m0/s1. The number of benzene rings is 1. The molecule has 1 aromatic carbocycles. The van der Waals surface area contributed by atoms with Gasteiger partial charge < -0.3 is 10.1 Å². The van der Waals surface area contributed by atoms with Crippen LogP contribution in [0.2, 0.25) is 5.02 Å². The van der Waals surface area contributed by atoms with Crippen LogP contribution in [-0.4, -0.2) is 44.2 Å². The minimum atomic E-state index is -0.0755. The number of nitrogens with one attached hydrogen (secondary N) is 1. The summed E-state index contributed by atoms with van der Waals surface area (Å²) in [7, 11) is 1.53. The van der Waals surface area contributed by atoms with Crippen LogP contribution in [0.4, 0.5) is 0 Å². The highest BCUT2D eigenvalue weighted by atomic mass is 35.5. The second-order valence-electron chi connectivity index (χ2n) is 5.40. The maximum atomic E-state index is 11.6. The molecule has 1 fully saturated rings. The average molecular weight is 311 g/mol. The molecule has 1 N–H and O–H groups in total. The molecule has 0 aromatic heterocycles. The molecule has 2 rings (SSSR count). The van der Waals surface area contributed by atoms with Gasteiger partial charge in [-0.3, -0.25) is 9.69 Å². The summed E-state index contributed by atoms with van der Waals surface area (Å²) in [4.78, 5) is 14.1. The van der Waals surface area contributed by atoms with Crippen molar-refractivity contribution in [1.29, 1.82) is 0 Å². The molecule has 1 aromatic rings. The minimum Gasteiger partial charge on any atom is -0.375 e. The van der Waals surface area contributed by atoms with Crippen molar-refractivity contribution in [2.45, 2.75) is 25.3 Å². The topological polar surface area (TPSA) is 41.6 Å². The Morgan fingerprint density at radius 3 is 2.57 bits per heavy atom. The normalized spacial score (nSPS) is 17.4. The number of halogens is 1. The molecule has 116 valence electrons. The molecule has 1 atom stereocenters. The summed E-state index contributed by atoms with van der Waals surface area (Å²) >= 11 is 5.97. The number of methoxy groups -OCH3 is 1. The van der Waals surface area contributed by atoms with Gasteiger partial charge in [-0.25, -0.2) is 0 Å². The Kier molecular flexibility index (Phi) is 6.49. The summed E-state index contributed by atoms with van der Waals surface area (Å²) < 4.78 is 4.86. The van der Waals surface area contributed by atoms with E-state index in [0.29, 0.717) is 6.54 Å². The summed E-state index contributed by atoms with van der Waals surface area (Å²) in [5.41, 5.74) is 1.19. The Bertz CT molecular complexity index is 444. The van der Waals surface area contributed by atoms with Gasteiger partial charge in [-0.1, -0.05) is 30.2 Å². The predicted molar refractivity (Wildman–Crippen MR) is 84.5 cm³/mol. The predicted octanol–water partition coefficient (Wildman–Crippen LogP) is 2.63. The molecule has 0 radical (unpaired) electrons. The lowest BCUT2D eigenvalue weighted by Gasteiger charge is -2.35. The largest absolute Gasteiger partial charge is 0.375 e. The Morgan fingerprint density at radius 1 is 1.29 bits per heavy atom. The van der Waals surface area contributed by atoms with Crippen LogP contribution in [0.3, 0.4) is 0 Å². The molecule has 0 bridgehead atoms. The van der Waals surface area contributed by atoms with Gasteiger partial charge in [0.05, 0.1) is 6.04 Å². The smallest absolute Gasteiger partial charge is 0.246 e. The molecule has 0 unspecified atom stereocenters. The van der Waals surface area contributed by atoms with Crippen molar-refractivity contribution >= 4 is 17.5 Å². The van der Waals surface area contributed by atoms with E-state index in [9.17, 15) is 4.79 Å². The third-order valence-corrected chi connectivity index (χ3v) is 4.11. The summed E-state index contributed by atoms with van der Waals surface area (Å²) in [6, 6.07) is 8.10. The number of carbonyl (C=O) groups excluding carboxylic acids is 1. The number of amides is 1. The first kappa shape index (κ1) is 16.3. The van der Waals surface area contributed by atoms with Crippen LogP contribution in [0.5, 0.6) is 0 Å². The number of likely N-dealkylation sites (tertiary alicyclic amines) is 1. The highest BCUT2D eigenvalue weighted by Gasteiger charge is 2.22. The zero-order chi connectivity index (χ0) is 15.1. The first-order valence-corrected chi connectivity index (χ1v) is 7.83. The van der Waals surface area contributed by atoms with E-state index < -0.39 is 0 Å². The summed E-state index contributed by atoms with van der Waals surface area (Å²) in [6.45, 7) is 2.86. The van der Waals surface area contributed by atoms with Gasteiger partial charge >= 0.3 is 0 Å². The molecule has 4 nitrogen and oxygen atoms in total. The highest BCUT2D eigenvalue weighted by molar-refractivity contribution is 6.30. The molecule has 0 saturated carbocycles. The quantitative estimate of drug-likeness (QED) is 0.878. The lowest BCUT2D eigenvalue weighted by Crippen LogP contribution is -2.41. The molecule has 1 saturated heterocycles. The Labute approximate surface area is 131 Å². The summed E-state index contributed by atoms with van der Waals surface area (Å²) in [5.74, 6) is -0.0755. The Hall–Kier alpha value is -1.10. The number of ether oxygens (including phenoxy) is 1. The third-order valence-electron chi connectivity index (χ3n) is 3.85. The molecule has 0 aliphatic carbocycles. The molecule has 5 heteroatoms. The zero-order valence-corrected chi connectivity index (χ0v) is 13.2. The van der Waals surface area contributed by atoms with Crippen molar-refractivity contribution in [3.8, 4) is 0 Å². The highest BCUT2D eigenvalue weighted by Crippen LogP contribution is 2.25. The minimum absolute atomic E-state index is 0.0755. The van der Waals surface area contributed by atoms with Crippen molar-refractivity contribution in [3.63, 3.8) is 0 Å². The fraction of sp³-hybridized carbons (Fsp3) is 0.562. The van der Waals surface area contributed by atoms with E-state index >= 15 is 0 Å². The lowest BCUT2D eigenvalue weighted by molar-refractivity contribution is -0.125. The van der Waals surface area contributed by atoms with Crippen molar-refractivity contribution in [2.75, 3.05) is 33.4 Å². The monoisotopic (exact) mass is 310 g/mol. The van der Waals surface area contributed by atoms with E-state index in [-0.39, 0.29) is 18.6 Å². The number of nitrogens with zero attached hydrogens (tertiary/aromatic N) is 1. The number of piperidine rings is 1. The molecule has 1 aliphatic heterocycles.